The van der Waals surface area contributed by atoms with E-state index in [9.17, 15) is 0 Å². The second-order valence-electron chi connectivity index (χ2n) is 4.20. The van der Waals surface area contributed by atoms with Gasteiger partial charge in [0, 0.05) is 12.7 Å². The Morgan fingerprint density at radius 3 is 3.00 bits per heavy atom. The molecule has 1 aromatic heterocycles. The molecule has 0 aromatic carbocycles. The Bertz CT molecular complexity index is 350. The van der Waals surface area contributed by atoms with Crippen molar-refractivity contribution in [1.82, 2.24) is 4.98 Å². The van der Waals surface area contributed by atoms with Crippen molar-refractivity contribution >= 4 is 18.2 Å². The van der Waals surface area contributed by atoms with Gasteiger partial charge in [-0.25, -0.2) is 4.98 Å². The Balaban J connectivity index is 0.00000128. The number of nitrogens with zero attached hydrogens (tertiary/aromatic N) is 1. The average Bonchev–Trinajstić information content (AvgIpc) is 2.29. The van der Waals surface area contributed by atoms with Gasteiger partial charge >= 0.3 is 0 Å². The fourth-order valence-electron chi connectivity index (χ4n) is 1.95. The van der Waals surface area contributed by atoms with Crippen molar-refractivity contribution in [1.29, 1.82) is 0 Å². The van der Waals surface area contributed by atoms with Crippen molar-refractivity contribution in [3.63, 3.8) is 0 Å². The third-order valence-corrected chi connectivity index (χ3v) is 2.95. The summed E-state index contributed by atoms with van der Waals surface area (Å²) in [5.74, 6) is 1.81. The fourth-order valence-corrected chi connectivity index (χ4v) is 1.95. The quantitative estimate of drug-likeness (QED) is 0.815. The smallest absolute Gasteiger partial charge is 0.128 e. The largest absolute Gasteiger partial charge is 0.370 e. The Morgan fingerprint density at radius 1 is 1.44 bits per heavy atom. The molecule has 0 aliphatic heterocycles. The van der Waals surface area contributed by atoms with Gasteiger partial charge in [-0.05, 0) is 43.7 Å². The van der Waals surface area contributed by atoms with Gasteiger partial charge in [-0.2, -0.15) is 0 Å². The predicted molar refractivity (Wildman–Crippen MR) is 71.2 cm³/mol. The van der Waals surface area contributed by atoms with E-state index in [1.807, 2.05) is 12.3 Å². The summed E-state index contributed by atoms with van der Waals surface area (Å²) in [5.41, 5.74) is 1.23. The first-order chi connectivity index (χ1) is 7.36. The molecule has 0 radical (unpaired) electrons. The van der Waals surface area contributed by atoms with Crippen molar-refractivity contribution in [3.8, 4) is 0 Å². The van der Waals surface area contributed by atoms with Crippen molar-refractivity contribution in [2.75, 3.05) is 11.9 Å². The van der Waals surface area contributed by atoms with Gasteiger partial charge in [0.15, 0.2) is 0 Å². The third kappa shape index (κ3) is 3.53. The maximum absolute atomic E-state index is 4.33. The summed E-state index contributed by atoms with van der Waals surface area (Å²) in [5, 5.41) is 3.44. The molecule has 0 spiro atoms. The van der Waals surface area contributed by atoms with Gasteiger partial charge in [0.05, 0.1) is 0 Å². The number of hydrogen-bond donors (Lipinski definition) is 1. The van der Waals surface area contributed by atoms with E-state index in [2.05, 4.69) is 35.4 Å². The highest BCUT2D eigenvalue weighted by Crippen LogP contribution is 2.19. The molecular weight excluding hydrogens is 220 g/mol. The Kier molecular flexibility index (Phi) is 5.33. The summed E-state index contributed by atoms with van der Waals surface area (Å²) in [7, 11) is 0. The van der Waals surface area contributed by atoms with Crippen LogP contribution in [0.3, 0.4) is 0 Å². The lowest BCUT2D eigenvalue weighted by molar-refractivity contribution is 0.503. The van der Waals surface area contributed by atoms with Crippen molar-refractivity contribution in [2.24, 2.45) is 5.92 Å². The number of pyridine rings is 1. The number of halogens is 1. The maximum Gasteiger partial charge on any atom is 0.128 e. The van der Waals surface area contributed by atoms with E-state index in [0.717, 1.165) is 18.3 Å². The molecule has 0 bridgehead atoms. The van der Waals surface area contributed by atoms with E-state index < -0.39 is 0 Å². The SMILES string of the molecule is Cc1cccnc1NCC1CC=CCC1.Cl. The zero-order valence-corrected chi connectivity index (χ0v) is 10.5. The molecule has 1 N–H and O–H groups in total. The Morgan fingerprint density at radius 2 is 2.31 bits per heavy atom. The van der Waals surface area contributed by atoms with Gasteiger partial charge in [-0.3, -0.25) is 0 Å². The molecule has 1 aliphatic carbocycles. The van der Waals surface area contributed by atoms with E-state index in [-0.39, 0.29) is 12.4 Å². The first-order valence-electron chi connectivity index (χ1n) is 5.67. The maximum atomic E-state index is 4.33. The molecule has 1 aliphatic rings. The minimum absolute atomic E-state index is 0. The van der Waals surface area contributed by atoms with Gasteiger partial charge in [0.2, 0.25) is 0 Å². The molecular formula is C13H19ClN2. The minimum Gasteiger partial charge on any atom is -0.370 e. The van der Waals surface area contributed by atoms with Crippen LogP contribution < -0.4 is 5.32 Å². The van der Waals surface area contributed by atoms with E-state index in [1.165, 1.54) is 24.8 Å². The number of rotatable bonds is 3. The van der Waals surface area contributed by atoms with Crippen LogP contribution in [0, 0.1) is 12.8 Å². The highest BCUT2D eigenvalue weighted by Gasteiger charge is 2.09. The molecule has 3 heteroatoms. The number of aryl methyl sites for hydroxylation is 1. The van der Waals surface area contributed by atoms with Crippen LogP contribution in [-0.2, 0) is 0 Å². The molecule has 1 aromatic rings. The summed E-state index contributed by atoms with van der Waals surface area (Å²) in [6, 6.07) is 4.07. The highest BCUT2D eigenvalue weighted by atomic mass is 35.5. The van der Waals surface area contributed by atoms with Crippen LogP contribution in [0.2, 0.25) is 0 Å². The molecule has 88 valence electrons. The van der Waals surface area contributed by atoms with Crippen LogP contribution in [0.4, 0.5) is 5.82 Å². The molecule has 0 fully saturated rings. The molecule has 2 rings (SSSR count). The summed E-state index contributed by atoms with van der Waals surface area (Å²) in [6.07, 6.45) is 10.2. The van der Waals surface area contributed by atoms with Crippen LogP contribution in [0.15, 0.2) is 30.5 Å². The van der Waals surface area contributed by atoms with Crippen LogP contribution >= 0.6 is 12.4 Å². The van der Waals surface area contributed by atoms with Crippen molar-refractivity contribution < 1.29 is 0 Å². The van der Waals surface area contributed by atoms with Crippen molar-refractivity contribution in [2.45, 2.75) is 26.2 Å². The van der Waals surface area contributed by atoms with Gasteiger partial charge < -0.3 is 5.32 Å². The second-order valence-corrected chi connectivity index (χ2v) is 4.20. The highest BCUT2D eigenvalue weighted by molar-refractivity contribution is 5.85. The average molecular weight is 239 g/mol. The van der Waals surface area contributed by atoms with Gasteiger partial charge in [-0.1, -0.05) is 18.2 Å². The normalized spacial score (nSPS) is 18.9. The molecule has 1 unspecified atom stereocenters. The van der Waals surface area contributed by atoms with Gasteiger partial charge in [0.25, 0.3) is 0 Å². The van der Waals surface area contributed by atoms with E-state index in [4.69, 9.17) is 0 Å². The number of nitrogens with one attached hydrogen (secondary N) is 1. The molecule has 0 saturated carbocycles. The summed E-state index contributed by atoms with van der Waals surface area (Å²) >= 11 is 0. The predicted octanol–water partition coefficient (Wildman–Crippen LogP) is 3.58. The van der Waals surface area contributed by atoms with E-state index in [0.29, 0.717) is 0 Å². The number of allylic oxidation sites excluding steroid dienone is 2. The van der Waals surface area contributed by atoms with Crippen LogP contribution in [0.1, 0.15) is 24.8 Å². The van der Waals surface area contributed by atoms with Crippen LogP contribution in [-0.4, -0.2) is 11.5 Å². The zero-order valence-electron chi connectivity index (χ0n) is 9.65. The minimum atomic E-state index is 0. The molecule has 0 amide bonds. The number of hydrogen-bond acceptors (Lipinski definition) is 2. The lowest BCUT2D eigenvalue weighted by atomic mass is 9.94. The Hall–Kier alpha value is -1.02. The summed E-state index contributed by atoms with van der Waals surface area (Å²) < 4.78 is 0. The zero-order chi connectivity index (χ0) is 10.5. The fraction of sp³-hybridized carbons (Fsp3) is 0.462. The first kappa shape index (κ1) is 13.0. The van der Waals surface area contributed by atoms with Crippen LogP contribution in [0.25, 0.3) is 0 Å². The van der Waals surface area contributed by atoms with E-state index in [1.54, 1.807) is 0 Å². The second kappa shape index (κ2) is 6.54. The van der Waals surface area contributed by atoms with E-state index >= 15 is 0 Å². The standard InChI is InChI=1S/C13H18N2.ClH/c1-11-6-5-9-14-13(11)15-10-12-7-3-2-4-8-12;/h2-3,5-6,9,12H,4,7-8,10H2,1H3,(H,14,15);1H. The Labute approximate surface area is 104 Å². The lowest BCUT2D eigenvalue weighted by Crippen LogP contribution is -2.16. The molecule has 0 saturated heterocycles. The monoisotopic (exact) mass is 238 g/mol. The molecule has 16 heavy (non-hydrogen) atoms. The molecule has 1 heterocycles. The summed E-state index contributed by atoms with van der Waals surface area (Å²) in [4.78, 5) is 4.33. The van der Waals surface area contributed by atoms with Crippen LogP contribution in [0.5, 0.6) is 0 Å². The number of aromatic nitrogens is 1. The summed E-state index contributed by atoms with van der Waals surface area (Å²) in [6.45, 7) is 3.14. The molecule has 2 nitrogen and oxygen atoms in total. The van der Waals surface area contributed by atoms with Gasteiger partial charge in [-0.15, -0.1) is 12.4 Å². The third-order valence-electron chi connectivity index (χ3n) is 2.95. The van der Waals surface area contributed by atoms with Gasteiger partial charge in [0.1, 0.15) is 5.82 Å². The lowest BCUT2D eigenvalue weighted by Gasteiger charge is -2.18. The first-order valence-corrected chi connectivity index (χ1v) is 5.67. The topological polar surface area (TPSA) is 24.9 Å². The molecule has 1 atom stereocenters. The van der Waals surface area contributed by atoms with Crippen molar-refractivity contribution in [3.05, 3.63) is 36.0 Å². The number of anilines is 1.